The molecule has 6 heteroatoms. The Labute approximate surface area is 121 Å². The molecule has 2 aliphatic rings. The lowest BCUT2D eigenvalue weighted by atomic mass is 10.0. The van der Waals surface area contributed by atoms with E-state index in [9.17, 15) is 4.79 Å². The van der Waals surface area contributed by atoms with Crippen molar-refractivity contribution in [3.05, 3.63) is 18.0 Å². The minimum Gasteiger partial charge on any atom is -0.486 e. The number of hydrogen-bond donors (Lipinski definition) is 2. The summed E-state index contributed by atoms with van der Waals surface area (Å²) in [5, 5.41) is 9.10. The first-order valence-electron chi connectivity index (χ1n) is 7.23. The predicted molar refractivity (Wildman–Crippen MR) is 74.8 cm³/mol. The van der Waals surface area contributed by atoms with Crippen LogP contribution in [0.2, 0.25) is 0 Å². The first kappa shape index (κ1) is 12.5. The zero-order valence-corrected chi connectivity index (χ0v) is 11.5. The molecule has 2 aromatic rings. The molecular formula is C15H16N2O4. The van der Waals surface area contributed by atoms with Crippen LogP contribution in [0.25, 0.3) is 11.0 Å². The number of carboxylic acid groups (broad SMARTS) is 1. The summed E-state index contributed by atoms with van der Waals surface area (Å²) in [5.74, 6) is 1.57. The lowest BCUT2D eigenvalue weighted by molar-refractivity contribution is -0.141. The van der Waals surface area contributed by atoms with Crippen LogP contribution in [0.3, 0.4) is 0 Å². The monoisotopic (exact) mass is 288 g/mol. The van der Waals surface area contributed by atoms with Crippen molar-refractivity contribution in [2.24, 2.45) is 5.92 Å². The minimum absolute atomic E-state index is 0.192. The average molecular weight is 288 g/mol. The van der Waals surface area contributed by atoms with Crippen LogP contribution < -0.4 is 9.47 Å². The second-order valence-corrected chi connectivity index (χ2v) is 5.68. The highest BCUT2D eigenvalue weighted by Gasteiger charge is 2.32. The van der Waals surface area contributed by atoms with Crippen molar-refractivity contribution in [2.75, 3.05) is 13.2 Å². The van der Waals surface area contributed by atoms with Gasteiger partial charge in [-0.25, -0.2) is 4.98 Å². The maximum atomic E-state index is 11.1. The number of fused-ring (bicyclic) bond motifs is 2. The smallest absolute Gasteiger partial charge is 0.306 e. The van der Waals surface area contributed by atoms with Gasteiger partial charge in [-0.2, -0.15) is 0 Å². The van der Waals surface area contributed by atoms with Crippen LogP contribution in [0.5, 0.6) is 11.5 Å². The summed E-state index contributed by atoms with van der Waals surface area (Å²) in [6.45, 7) is 1.11. The number of ether oxygens (including phenoxy) is 2. The van der Waals surface area contributed by atoms with Gasteiger partial charge in [0.15, 0.2) is 11.5 Å². The number of carboxylic acids is 1. The number of nitrogens with zero attached hydrogens (tertiary/aromatic N) is 1. The molecule has 1 fully saturated rings. The Bertz CT molecular complexity index is 666. The van der Waals surface area contributed by atoms with Crippen molar-refractivity contribution >= 4 is 17.0 Å². The van der Waals surface area contributed by atoms with Gasteiger partial charge in [0.2, 0.25) is 0 Å². The average Bonchev–Trinajstić information content (AvgIpc) is 3.11. The van der Waals surface area contributed by atoms with Crippen LogP contribution >= 0.6 is 0 Å². The summed E-state index contributed by atoms with van der Waals surface area (Å²) in [5.41, 5.74) is 1.75. The van der Waals surface area contributed by atoms with Crippen LogP contribution in [-0.4, -0.2) is 34.3 Å². The molecule has 2 N–H and O–H groups in total. The zero-order chi connectivity index (χ0) is 14.4. The Morgan fingerprint density at radius 2 is 2.00 bits per heavy atom. The van der Waals surface area contributed by atoms with E-state index in [1.165, 1.54) is 0 Å². The Balaban J connectivity index is 1.66. The van der Waals surface area contributed by atoms with Crippen molar-refractivity contribution < 1.29 is 19.4 Å². The first-order valence-corrected chi connectivity index (χ1v) is 7.23. The van der Waals surface area contributed by atoms with Crippen molar-refractivity contribution in [3.63, 3.8) is 0 Å². The number of aliphatic carboxylic acids is 1. The Kier molecular flexibility index (Phi) is 2.77. The lowest BCUT2D eigenvalue weighted by Crippen LogP contribution is -2.15. The van der Waals surface area contributed by atoms with Gasteiger partial charge in [-0.3, -0.25) is 4.79 Å². The number of nitrogens with one attached hydrogen (secondary N) is 1. The van der Waals surface area contributed by atoms with E-state index in [4.69, 9.17) is 14.6 Å². The third-order valence-corrected chi connectivity index (χ3v) is 4.33. The molecule has 1 aliphatic heterocycles. The molecule has 1 aromatic carbocycles. The van der Waals surface area contributed by atoms with Gasteiger partial charge in [0.25, 0.3) is 0 Å². The van der Waals surface area contributed by atoms with Crippen LogP contribution in [0.1, 0.15) is 31.0 Å². The molecule has 0 saturated heterocycles. The number of aromatic nitrogens is 2. The molecule has 0 radical (unpaired) electrons. The minimum atomic E-state index is -0.703. The molecule has 2 atom stereocenters. The third-order valence-electron chi connectivity index (χ3n) is 4.33. The van der Waals surface area contributed by atoms with Crippen LogP contribution in [-0.2, 0) is 4.79 Å². The SMILES string of the molecule is O=C(O)C1CCC(c2nc3cc4c(cc3[nH]2)OCCO4)C1. The van der Waals surface area contributed by atoms with Gasteiger partial charge in [-0.1, -0.05) is 0 Å². The van der Waals surface area contributed by atoms with E-state index < -0.39 is 5.97 Å². The number of aromatic amines is 1. The van der Waals surface area contributed by atoms with Gasteiger partial charge < -0.3 is 19.6 Å². The Hall–Kier alpha value is -2.24. The van der Waals surface area contributed by atoms with E-state index in [0.29, 0.717) is 19.6 Å². The first-order chi connectivity index (χ1) is 10.2. The van der Waals surface area contributed by atoms with E-state index in [-0.39, 0.29) is 11.8 Å². The van der Waals surface area contributed by atoms with Crippen molar-refractivity contribution in [1.82, 2.24) is 9.97 Å². The molecule has 1 aromatic heterocycles. The normalized spacial score (nSPS) is 24.4. The molecule has 0 bridgehead atoms. The maximum absolute atomic E-state index is 11.1. The quantitative estimate of drug-likeness (QED) is 0.885. The number of imidazole rings is 1. The highest BCUT2D eigenvalue weighted by molar-refractivity contribution is 5.80. The highest BCUT2D eigenvalue weighted by Crippen LogP contribution is 2.39. The molecule has 0 amide bonds. The molecule has 0 spiro atoms. The fraction of sp³-hybridized carbons (Fsp3) is 0.467. The van der Waals surface area contributed by atoms with Crippen molar-refractivity contribution in [1.29, 1.82) is 0 Å². The van der Waals surface area contributed by atoms with E-state index >= 15 is 0 Å². The molecule has 1 saturated carbocycles. The second-order valence-electron chi connectivity index (χ2n) is 5.68. The number of H-pyrrole nitrogens is 1. The molecule has 4 rings (SSSR count). The van der Waals surface area contributed by atoms with E-state index in [1.54, 1.807) is 0 Å². The molecular weight excluding hydrogens is 272 g/mol. The maximum Gasteiger partial charge on any atom is 0.306 e. The summed E-state index contributed by atoms with van der Waals surface area (Å²) in [7, 11) is 0. The van der Waals surface area contributed by atoms with Crippen molar-refractivity contribution in [3.8, 4) is 11.5 Å². The highest BCUT2D eigenvalue weighted by atomic mass is 16.6. The van der Waals surface area contributed by atoms with Gasteiger partial charge in [-0.15, -0.1) is 0 Å². The van der Waals surface area contributed by atoms with Crippen LogP contribution in [0.15, 0.2) is 12.1 Å². The molecule has 6 nitrogen and oxygen atoms in total. The fourth-order valence-corrected chi connectivity index (χ4v) is 3.21. The molecule has 2 unspecified atom stereocenters. The third kappa shape index (κ3) is 2.11. The number of benzene rings is 1. The number of carbonyl (C=O) groups is 1. The summed E-state index contributed by atoms with van der Waals surface area (Å²) in [6, 6.07) is 3.79. The largest absolute Gasteiger partial charge is 0.486 e. The van der Waals surface area contributed by atoms with Gasteiger partial charge in [0.05, 0.1) is 17.0 Å². The standard InChI is InChI=1S/C15H16N2O4/c18-15(19)9-2-1-8(5-9)14-16-10-6-12-13(7-11(10)17-14)21-4-3-20-12/h6-9H,1-5H2,(H,16,17)(H,18,19). The fourth-order valence-electron chi connectivity index (χ4n) is 3.21. The molecule has 21 heavy (non-hydrogen) atoms. The van der Waals surface area contributed by atoms with Gasteiger partial charge in [-0.05, 0) is 19.3 Å². The number of rotatable bonds is 2. The topological polar surface area (TPSA) is 84.4 Å². The summed E-state index contributed by atoms with van der Waals surface area (Å²) in [6.07, 6.45) is 2.24. The second kappa shape index (κ2) is 4.65. The molecule has 1 aliphatic carbocycles. The van der Waals surface area contributed by atoms with Crippen molar-refractivity contribution in [2.45, 2.75) is 25.2 Å². The predicted octanol–water partition coefficient (Wildman–Crippen LogP) is 2.30. The van der Waals surface area contributed by atoms with Gasteiger partial charge in [0.1, 0.15) is 19.0 Å². The Morgan fingerprint density at radius 3 is 2.71 bits per heavy atom. The summed E-state index contributed by atoms with van der Waals surface area (Å²) >= 11 is 0. The Morgan fingerprint density at radius 1 is 1.24 bits per heavy atom. The molecule has 2 heterocycles. The van der Waals surface area contributed by atoms with Gasteiger partial charge in [0, 0.05) is 18.1 Å². The van der Waals surface area contributed by atoms with E-state index in [2.05, 4.69) is 9.97 Å². The van der Waals surface area contributed by atoms with Crippen LogP contribution in [0.4, 0.5) is 0 Å². The summed E-state index contributed by atoms with van der Waals surface area (Å²) < 4.78 is 11.1. The summed E-state index contributed by atoms with van der Waals surface area (Å²) in [4.78, 5) is 19.0. The van der Waals surface area contributed by atoms with E-state index in [0.717, 1.165) is 41.2 Å². The van der Waals surface area contributed by atoms with Gasteiger partial charge >= 0.3 is 5.97 Å². The number of hydrogen-bond acceptors (Lipinski definition) is 4. The zero-order valence-electron chi connectivity index (χ0n) is 11.5. The van der Waals surface area contributed by atoms with E-state index in [1.807, 2.05) is 12.1 Å². The van der Waals surface area contributed by atoms with Crippen LogP contribution in [0, 0.1) is 5.92 Å². The lowest BCUT2D eigenvalue weighted by Gasteiger charge is -2.17. The molecule has 110 valence electrons.